The predicted octanol–water partition coefficient (Wildman–Crippen LogP) is 5.24. The minimum absolute atomic E-state index is 0.138. The van der Waals surface area contributed by atoms with Gasteiger partial charge in [-0.25, -0.2) is 0 Å². The van der Waals surface area contributed by atoms with Crippen molar-refractivity contribution in [1.82, 2.24) is 0 Å². The Kier molecular flexibility index (Phi) is 5.10. The quantitative estimate of drug-likeness (QED) is 0.615. The van der Waals surface area contributed by atoms with Gasteiger partial charge in [-0.3, -0.25) is 9.59 Å². The summed E-state index contributed by atoms with van der Waals surface area (Å²) in [5, 5.41) is 2.84. The largest absolute Gasteiger partial charge is 0.321 e. The number of amides is 1. The molecule has 0 atom stereocenters. The lowest BCUT2D eigenvalue weighted by Crippen LogP contribution is -2.15. The topological polar surface area (TPSA) is 46.2 Å². The van der Waals surface area contributed by atoms with E-state index in [-0.39, 0.29) is 11.7 Å². The van der Waals surface area contributed by atoms with Crippen LogP contribution in [0.4, 0.5) is 5.69 Å². The van der Waals surface area contributed by atoms with Crippen LogP contribution in [0.3, 0.4) is 0 Å². The molecule has 0 radical (unpaired) electrons. The highest BCUT2D eigenvalue weighted by Gasteiger charge is 2.16. The molecule has 124 valence electrons. The van der Waals surface area contributed by atoms with Gasteiger partial charge in [-0.15, -0.1) is 0 Å². The molecule has 0 aliphatic heterocycles. The van der Waals surface area contributed by atoms with E-state index in [0.29, 0.717) is 22.4 Å². The Morgan fingerprint density at radius 3 is 2.20 bits per heavy atom. The van der Waals surface area contributed by atoms with Crippen LogP contribution in [0.15, 0.2) is 77.3 Å². The molecule has 25 heavy (non-hydrogen) atoms. The summed E-state index contributed by atoms with van der Waals surface area (Å²) >= 11 is 3.39. The van der Waals surface area contributed by atoms with Crippen molar-refractivity contribution in [2.45, 2.75) is 6.92 Å². The van der Waals surface area contributed by atoms with Crippen molar-refractivity contribution >= 4 is 33.3 Å². The average Bonchev–Trinajstić information content (AvgIpc) is 2.64. The van der Waals surface area contributed by atoms with Gasteiger partial charge in [0.25, 0.3) is 5.91 Å². The van der Waals surface area contributed by atoms with Gasteiger partial charge in [0, 0.05) is 21.2 Å². The third-order valence-corrected chi connectivity index (χ3v) is 4.32. The van der Waals surface area contributed by atoms with Crippen LogP contribution in [0.1, 0.15) is 31.8 Å². The molecule has 3 rings (SSSR count). The lowest BCUT2D eigenvalue weighted by atomic mass is 10.0. The second kappa shape index (κ2) is 7.45. The zero-order valence-electron chi connectivity index (χ0n) is 13.6. The fourth-order valence-electron chi connectivity index (χ4n) is 2.46. The Hall–Kier alpha value is -2.72. The number of hydrogen-bond acceptors (Lipinski definition) is 2. The van der Waals surface area contributed by atoms with Crippen molar-refractivity contribution in [3.63, 3.8) is 0 Å². The summed E-state index contributed by atoms with van der Waals surface area (Å²) in [6.45, 7) is 1.97. The molecule has 0 aromatic heterocycles. The number of anilines is 1. The Bertz CT molecular complexity index is 918. The predicted molar refractivity (Wildman–Crippen MR) is 103 cm³/mol. The van der Waals surface area contributed by atoms with Crippen LogP contribution < -0.4 is 5.32 Å². The first-order valence-electron chi connectivity index (χ1n) is 7.82. The summed E-state index contributed by atoms with van der Waals surface area (Å²) < 4.78 is 0.778. The number of nitrogens with one attached hydrogen (secondary N) is 1. The van der Waals surface area contributed by atoms with Crippen molar-refractivity contribution in [3.05, 3.63) is 99.5 Å². The van der Waals surface area contributed by atoms with E-state index in [1.165, 1.54) is 0 Å². The molecule has 4 heteroatoms. The van der Waals surface area contributed by atoms with Gasteiger partial charge in [-0.2, -0.15) is 0 Å². The fourth-order valence-corrected chi connectivity index (χ4v) is 2.82. The van der Waals surface area contributed by atoms with Gasteiger partial charge in [-0.1, -0.05) is 64.0 Å². The van der Waals surface area contributed by atoms with Gasteiger partial charge in [0.2, 0.25) is 0 Å². The number of ketones is 1. The van der Waals surface area contributed by atoms with Gasteiger partial charge in [0.05, 0.1) is 5.69 Å². The summed E-state index contributed by atoms with van der Waals surface area (Å²) in [4.78, 5) is 25.3. The second-order valence-corrected chi connectivity index (χ2v) is 6.62. The third-order valence-electron chi connectivity index (χ3n) is 3.82. The lowest BCUT2D eigenvalue weighted by molar-refractivity contribution is 0.102. The zero-order chi connectivity index (χ0) is 17.8. The van der Waals surface area contributed by atoms with Gasteiger partial charge in [-0.05, 0) is 37.3 Å². The maximum absolute atomic E-state index is 12.8. The number of carbonyl (C=O) groups excluding carboxylic acids is 2. The Balaban J connectivity index is 1.93. The van der Waals surface area contributed by atoms with Crippen LogP contribution in [0.25, 0.3) is 0 Å². The van der Waals surface area contributed by atoms with E-state index in [4.69, 9.17) is 0 Å². The van der Waals surface area contributed by atoms with Crippen molar-refractivity contribution < 1.29 is 9.59 Å². The Labute approximate surface area is 154 Å². The molecule has 1 amide bonds. The molecule has 0 heterocycles. The van der Waals surface area contributed by atoms with E-state index < -0.39 is 0 Å². The molecule has 0 unspecified atom stereocenters. The molecule has 0 saturated heterocycles. The molecule has 1 N–H and O–H groups in total. The number of halogens is 1. The molecular formula is C21H16BrNO2. The maximum atomic E-state index is 12.8. The van der Waals surface area contributed by atoms with Crippen LogP contribution in [-0.4, -0.2) is 11.7 Å². The van der Waals surface area contributed by atoms with E-state index >= 15 is 0 Å². The maximum Gasteiger partial charge on any atom is 0.255 e. The molecule has 0 bridgehead atoms. The molecular weight excluding hydrogens is 378 g/mol. The van der Waals surface area contributed by atoms with E-state index in [2.05, 4.69) is 21.2 Å². The fraction of sp³-hybridized carbons (Fsp3) is 0.0476. The first-order chi connectivity index (χ1) is 12.0. The Morgan fingerprint density at radius 1 is 0.840 bits per heavy atom. The number of aryl methyl sites for hydroxylation is 1. The first-order valence-corrected chi connectivity index (χ1v) is 8.61. The second-order valence-electron chi connectivity index (χ2n) is 5.71. The SMILES string of the molecule is Cc1ccc(C(=O)Nc2ccc(Br)cc2C(=O)c2ccccc2)cc1. The third kappa shape index (κ3) is 4.03. The van der Waals surface area contributed by atoms with Gasteiger partial charge < -0.3 is 5.32 Å². The summed E-state index contributed by atoms with van der Waals surface area (Å²) in [5.41, 5.74) is 3.14. The highest BCUT2D eigenvalue weighted by molar-refractivity contribution is 9.10. The molecule has 0 saturated carbocycles. The monoisotopic (exact) mass is 393 g/mol. The molecule has 3 aromatic carbocycles. The highest BCUT2D eigenvalue weighted by Crippen LogP contribution is 2.24. The van der Waals surface area contributed by atoms with Crippen LogP contribution in [-0.2, 0) is 0 Å². The van der Waals surface area contributed by atoms with E-state index in [0.717, 1.165) is 10.0 Å². The normalized spacial score (nSPS) is 10.3. The number of hydrogen-bond donors (Lipinski definition) is 1. The molecule has 3 aromatic rings. The lowest BCUT2D eigenvalue weighted by Gasteiger charge is -2.11. The molecule has 0 aliphatic carbocycles. The zero-order valence-corrected chi connectivity index (χ0v) is 15.2. The summed E-state index contributed by atoms with van der Waals surface area (Å²) in [6.07, 6.45) is 0. The summed E-state index contributed by atoms with van der Waals surface area (Å²) in [6, 6.07) is 21.6. The van der Waals surface area contributed by atoms with Gasteiger partial charge in [0.1, 0.15) is 0 Å². The van der Waals surface area contributed by atoms with Crippen molar-refractivity contribution in [3.8, 4) is 0 Å². The van der Waals surface area contributed by atoms with Crippen LogP contribution in [0.2, 0.25) is 0 Å². The van der Waals surface area contributed by atoms with Crippen LogP contribution >= 0.6 is 15.9 Å². The molecule has 0 spiro atoms. The van der Waals surface area contributed by atoms with Crippen molar-refractivity contribution in [2.75, 3.05) is 5.32 Å². The van der Waals surface area contributed by atoms with E-state index in [1.807, 2.05) is 37.3 Å². The summed E-state index contributed by atoms with van der Waals surface area (Å²) in [5.74, 6) is -0.384. The van der Waals surface area contributed by atoms with Gasteiger partial charge in [0.15, 0.2) is 5.78 Å². The van der Waals surface area contributed by atoms with Gasteiger partial charge >= 0.3 is 0 Å². The molecule has 0 aliphatic rings. The van der Waals surface area contributed by atoms with E-state index in [9.17, 15) is 9.59 Å². The highest BCUT2D eigenvalue weighted by atomic mass is 79.9. The minimum atomic E-state index is -0.246. The number of carbonyl (C=O) groups is 2. The van der Waals surface area contributed by atoms with Crippen molar-refractivity contribution in [2.24, 2.45) is 0 Å². The minimum Gasteiger partial charge on any atom is -0.321 e. The van der Waals surface area contributed by atoms with Crippen LogP contribution in [0.5, 0.6) is 0 Å². The summed E-state index contributed by atoms with van der Waals surface area (Å²) in [7, 11) is 0. The molecule has 0 fully saturated rings. The standard InChI is InChI=1S/C21H16BrNO2/c1-14-7-9-16(10-8-14)21(25)23-19-12-11-17(22)13-18(19)20(24)15-5-3-2-4-6-15/h2-13H,1H3,(H,23,25). The number of rotatable bonds is 4. The average molecular weight is 394 g/mol. The van der Waals surface area contributed by atoms with Crippen molar-refractivity contribution in [1.29, 1.82) is 0 Å². The smallest absolute Gasteiger partial charge is 0.255 e. The Morgan fingerprint density at radius 2 is 1.52 bits per heavy atom. The van der Waals surface area contributed by atoms with Crippen LogP contribution in [0, 0.1) is 6.92 Å². The molecule has 3 nitrogen and oxygen atoms in total. The van der Waals surface area contributed by atoms with E-state index in [1.54, 1.807) is 42.5 Å². The first kappa shape index (κ1) is 17.1. The number of benzene rings is 3.